The number of hydrogen-bond acceptors (Lipinski definition) is 4. The molecule has 0 saturated carbocycles. The summed E-state index contributed by atoms with van der Waals surface area (Å²) in [6.45, 7) is 0. The van der Waals surface area contributed by atoms with Gasteiger partial charge in [-0.15, -0.1) is 0 Å². The van der Waals surface area contributed by atoms with Gasteiger partial charge in [0.05, 0.1) is 11.4 Å². The van der Waals surface area contributed by atoms with Crippen molar-refractivity contribution in [3.63, 3.8) is 0 Å². The number of rotatable bonds is 4. The van der Waals surface area contributed by atoms with Crippen LogP contribution in [0.3, 0.4) is 0 Å². The second kappa shape index (κ2) is 4.58. The predicted molar refractivity (Wildman–Crippen MR) is 50.6 cm³/mol. The van der Waals surface area contributed by atoms with E-state index in [9.17, 15) is 0 Å². The Bertz CT molecular complexity index is 211. The Kier molecular flexibility index (Phi) is 3.37. The number of anilines is 2. The van der Waals surface area contributed by atoms with Gasteiger partial charge in [0.1, 0.15) is 0 Å². The smallest absolute Gasteiger partial charge is 0.0813 e. The first-order valence-electron chi connectivity index (χ1n) is 3.74. The van der Waals surface area contributed by atoms with Gasteiger partial charge in [-0.2, -0.15) is 0 Å². The van der Waals surface area contributed by atoms with Gasteiger partial charge in [0, 0.05) is 20.2 Å². The van der Waals surface area contributed by atoms with Gasteiger partial charge in [-0.05, 0) is 6.07 Å². The molecule has 12 heavy (non-hydrogen) atoms. The van der Waals surface area contributed by atoms with Crippen LogP contribution < -0.4 is 21.7 Å². The van der Waals surface area contributed by atoms with Crippen LogP contribution in [-0.4, -0.2) is 14.1 Å². The van der Waals surface area contributed by atoms with Gasteiger partial charge in [-0.1, -0.05) is 12.1 Å². The van der Waals surface area contributed by atoms with Crippen LogP contribution in [0.25, 0.3) is 0 Å². The molecule has 0 aliphatic heterocycles. The Morgan fingerprint density at radius 1 is 1.17 bits per heavy atom. The minimum absolute atomic E-state index is 0.884. The molecule has 0 aliphatic rings. The van der Waals surface area contributed by atoms with Crippen LogP contribution in [0.5, 0.6) is 0 Å². The second-order valence-electron chi connectivity index (χ2n) is 2.21. The minimum Gasteiger partial charge on any atom is -0.320 e. The summed E-state index contributed by atoms with van der Waals surface area (Å²) in [5.74, 6) is 0. The monoisotopic (exact) mass is 165 g/mol. The third-order valence-corrected chi connectivity index (χ3v) is 1.37. The summed E-state index contributed by atoms with van der Waals surface area (Å²) in [5, 5.41) is 0. The van der Waals surface area contributed by atoms with E-state index in [2.05, 4.69) is 27.8 Å². The highest BCUT2D eigenvalue weighted by Gasteiger charge is 1.97. The second-order valence-corrected chi connectivity index (χ2v) is 2.21. The van der Waals surface area contributed by atoms with Crippen LogP contribution in [0, 0.1) is 6.07 Å². The molecule has 1 rings (SSSR count). The first-order valence-corrected chi connectivity index (χ1v) is 3.74. The molecule has 1 radical (unpaired) electrons. The molecule has 0 bridgehead atoms. The summed E-state index contributed by atoms with van der Waals surface area (Å²) in [6.07, 6.45) is 0. The Hall–Kier alpha value is -1.26. The summed E-state index contributed by atoms with van der Waals surface area (Å²) in [4.78, 5) is 0. The van der Waals surface area contributed by atoms with Crippen molar-refractivity contribution < 1.29 is 0 Å². The molecule has 0 atom stereocenters. The third kappa shape index (κ3) is 2.11. The van der Waals surface area contributed by atoms with E-state index in [0.717, 1.165) is 11.4 Å². The Balaban J connectivity index is 2.77. The van der Waals surface area contributed by atoms with Crippen LogP contribution in [0.15, 0.2) is 18.2 Å². The molecule has 4 heteroatoms. The van der Waals surface area contributed by atoms with Crippen molar-refractivity contribution >= 4 is 11.4 Å². The lowest BCUT2D eigenvalue weighted by Crippen LogP contribution is -2.20. The van der Waals surface area contributed by atoms with E-state index < -0.39 is 0 Å². The molecule has 0 saturated heterocycles. The predicted octanol–water partition coefficient (Wildman–Crippen LogP) is 0.579. The van der Waals surface area contributed by atoms with Gasteiger partial charge in [-0.3, -0.25) is 0 Å². The fraction of sp³-hybridized carbons (Fsp3) is 0.250. The van der Waals surface area contributed by atoms with Gasteiger partial charge < -0.3 is 10.9 Å². The summed E-state index contributed by atoms with van der Waals surface area (Å²) in [6, 6.07) is 8.76. The highest BCUT2D eigenvalue weighted by Crippen LogP contribution is 2.17. The van der Waals surface area contributed by atoms with Gasteiger partial charge >= 0.3 is 0 Å². The SMILES string of the molecule is CNNc1[c]cccc1NNC. The summed E-state index contributed by atoms with van der Waals surface area (Å²) >= 11 is 0. The van der Waals surface area contributed by atoms with Gasteiger partial charge in [0.15, 0.2) is 0 Å². The van der Waals surface area contributed by atoms with Crippen molar-refractivity contribution in [2.75, 3.05) is 24.9 Å². The number of para-hydroxylation sites is 1. The Morgan fingerprint density at radius 3 is 2.58 bits per heavy atom. The Labute approximate surface area is 72.3 Å². The van der Waals surface area contributed by atoms with Crippen LogP contribution >= 0.6 is 0 Å². The van der Waals surface area contributed by atoms with E-state index in [1.54, 1.807) is 0 Å². The van der Waals surface area contributed by atoms with Crippen LogP contribution in [-0.2, 0) is 0 Å². The lowest BCUT2D eigenvalue weighted by atomic mass is 10.3. The maximum Gasteiger partial charge on any atom is 0.0813 e. The summed E-state index contributed by atoms with van der Waals surface area (Å²) < 4.78 is 0. The number of hydrogen-bond donors (Lipinski definition) is 4. The average Bonchev–Trinajstić information content (AvgIpc) is 2.09. The molecule has 0 fully saturated rings. The first-order chi connectivity index (χ1) is 5.88. The Morgan fingerprint density at radius 2 is 1.92 bits per heavy atom. The largest absolute Gasteiger partial charge is 0.320 e. The van der Waals surface area contributed by atoms with Crippen molar-refractivity contribution in [2.24, 2.45) is 0 Å². The van der Waals surface area contributed by atoms with Crippen molar-refractivity contribution in [1.82, 2.24) is 10.9 Å². The average molecular weight is 165 g/mol. The van der Waals surface area contributed by atoms with Crippen molar-refractivity contribution in [3.8, 4) is 0 Å². The van der Waals surface area contributed by atoms with E-state index in [1.807, 2.05) is 32.3 Å². The number of benzene rings is 1. The zero-order valence-corrected chi connectivity index (χ0v) is 7.23. The van der Waals surface area contributed by atoms with Gasteiger partial charge in [0.2, 0.25) is 0 Å². The lowest BCUT2D eigenvalue weighted by Gasteiger charge is -2.10. The summed E-state index contributed by atoms with van der Waals surface area (Å²) in [5.41, 5.74) is 13.4. The van der Waals surface area contributed by atoms with Crippen molar-refractivity contribution in [2.45, 2.75) is 0 Å². The number of hydrazine groups is 2. The third-order valence-electron chi connectivity index (χ3n) is 1.37. The standard InChI is InChI=1S/C8H13N4/c1-9-11-7-5-3-4-6-8(7)12-10-2/h3-5,9-12H,1-2H3. The topological polar surface area (TPSA) is 48.1 Å². The molecule has 0 heterocycles. The molecule has 0 aliphatic carbocycles. The van der Waals surface area contributed by atoms with Gasteiger partial charge in [-0.25, -0.2) is 10.9 Å². The maximum atomic E-state index is 3.05. The molecule has 0 spiro atoms. The normalized spacial score (nSPS) is 9.50. The van der Waals surface area contributed by atoms with Crippen molar-refractivity contribution in [1.29, 1.82) is 0 Å². The van der Waals surface area contributed by atoms with E-state index in [0.29, 0.717) is 0 Å². The zero-order valence-electron chi connectivity index (χ0n) is 7.23. The lowest BCUT2D eigenvalue weighted by molar-refractivity contribution is 0.960. The van der Waals surface area contributed by atoms with Crippen LogP contribution in [0.1, 0.15) is 0 Å². The van der Waals surface area contributed by atoms with E-state index in [4.69, 9.17) is 0 Å². The molecule has 4 N–H and O–H groups in total. The minimum atomic E-state index is 0.884. The molecule has 1 aromatic carbocycles. The maximum absolute atomic E-state index is 3.05. The quantitative estimate of drug-likeness (QED) is 0.493. The molecule has 0 aromatic heterocycles. The van der Waals surface area contributed by atoms with Crippen LogP contribution in [0.2, 0.25) is 0 Å². The van der Waals surface area contributed by atoms with Crippen molar-refractivity contribution in [3.05, 3.63) is 24.3 Å². The highest BCUT2D eigenvalue weighted by atomic mass is 15.4. The van der Waals surface area contributed by atoms with Gasteiger partial charge in [0.25, 0.3) is 0 Å². The fourth-order valence-electron chi connectivity index (χ4n) is 0.904. The molecule has 0 unspecified atom stereocenters. The molecule has 65 valence electrons. The number of nitrogens with one attached hydrogen (secondary N) is 4. The fourth-order valence-corrected chi connectivity index (χ4v) is 0.904. The van der Waals surface area contributed by atoms with E-state index in [-0.39, 0.29) is 0 Å². The van der Waals surface area contributed by atoms with Crippen LogP contribution in [0.4, 0.5) is 11.4 Å². The highest BCUT2D eigenvalue weighted by molar-refractivity contribution is 5.66. The molecular weight excluding hydrogens is 152 g/mol. The summed E-state index contributed by atoms with van der Waals surface area (Å²) in [7, 11) is 3.63. The van der Waals surface area contributed by atoms with E-state index >= 15 is 0 Å². The zero-order chi connectivity index (χ0) is 8.81. The van der Waals surface area contributed by atoms with E-state index in [1.165, 1.54) is 0 Å². The molecular formula is C8H13N4. The molecule has 0 amide bonds. The first kappa shape index (κ1) is 8.83. The molecule has 4 nitrogen and oxygen atoms in total. The molecule has 1 aromatic rings.